The van der Waals surface area contributed by atoms with E-state index >= 15 is 0 Å². The third-order valence-corrected chi connectivity index (χ3v) is 6.73. The van der Waals surface area contributed by atoms with Gasteiger partial charge in [0.1, 0.15) is 0 Å². The first kappa shape index (κ1) is 20.5. The second kappa shape index (κ2) is 8.61. The summed E-state index contributed by atoms with van der Waals surface area (Å²) in [6.07, 6.45) is 7.76. The summed E-state index contributed by atoms with van der Waals surface area (Å²) in [5, 5.41) is 15.2. The molecule has 8 heteroatoms. The van der Waals surface area contributed by atoms with Gasteiger partial charge >= 0.3 is 0 Å². The number of nitrogens with zero attached hydrogens (tertiary/aromatic N) is 4. The Balaban J connectivity index is 1.50. The van der Waals surface area contributed by atoms with Gasteiger partial charge in [0.05, 0.1) is 34.7 Å². The Morgan fingerprint density at radius 3 is 2.38 bits per heavy atom. The van der Waals surface area contributed by atoms with Gasteiger partial charge in [0.15, 0.2) is 0 Å². The van der Waals surface area contributed by atoms with Gasteiger partial charge in [-0.25, -0.2) is 0 Å². The molecule has 0 radical (unpaired) electrons. The van der Waals surface area contributed by atoms with Gasteiger partial charge < -0.3 is 10.6 Å². The minimum absolute atomic E-state index is 0.131. The van der Waals surface area contributed by atoms with Crippen LogP contribution in [0.15, 0.2) is 52.9 Å². The zero-order valence-electron chi connectivity index (χ0n) is 18.0. The number of fused-ring (bicyclic) bond motifs is 2. The zero-order chi connectivity index (χ0) is 22.1. The highest BCUT2D eigenvalue weighted by molar-refractivity contribution is 6.10. The first-order chi connectivity index (χ1) is 15.6. The fourth-order valence-corrected chi connectivity index (χ4v) is 5.26. The van der Waals surface area contributed by atoms with Crippen molar-refractivity contribution in [2.24, 2.45) is 28.0 Å². The molecule has 0 bridgehead atoms. The van der Waals surface area contributed by atoms with Gasteiger partial charge in [-0.3, -0.25) is 19.6 Å². The smallest absolute Gasteiger partial charge is 0.221 e. The molecule has 3 aliphatic rings. The van der Waals surface area contributed by atoms with Crippen LogP contribution in [0.2, 0.25) is 0 Å². The van der Waals surface area contributed by atoms with Crippen LogP contribution in [0.3, 0.4) is 0 Å². The van der Waals surface area contributed by atoms with Crippen LogP contribution in [-0.2, 0) is 9.59 Å². The van der Waals surface area contributed by atoms with Crippen LogP contribution in [-0.4, -0.2) is 39.2 Å². The molecule has 32 heavy (non-hydrogen) atoms. The highest BCUT2D eigenvalue weighted by Gasteiger charge is 2.41. The lowest BCUT2D eigenvalue weighted by molar-refractivity contribution is -0.119. The van der Waals surface area contributed by atoms with Crippen molar-refractivity contribution in [3.8, 4) is 0 Å². The van der Waals surface area contributed by atoms with Crippen LogP contribution >= 0.6 is 0 Å². The molecular formula is C24H26N6O2. The number of anilines is 1. The van der Waals surface area contributed by atoms with E-state index in [0.717, 1.165) is 48.5 Å². The van der Waals surface area contributed by atoms with E-state index in [-0.39, 0.29) is 29.7 Å². The van der Waals surface area contributed by atoms with Crippen molar-refractivity contribution in [3.05, 3.63) is 54.1 Å². The second-order valence-corrected chi connectivity index (χ2v) is 8.80. The summed E-state index contributed by atoms with van der Waals surface area (Å²) in [7, 11) is 0. The predicted octanol–water partition coefficient (Wildman–Crippen LogP) is 2.95. The molecular weight excluding hydrogens is 404 g/mol. The summed E-state index contributed by atoms with van der Waals surface area (Å²) in [4.78, 5) is 32.5. The summed E-state index contributed by atoms with van der Waals surface area (Å²) in [5.74, 6) is 0.714. The van der Waals surface area contributed by atoms with E-state index in [0.29, 0.717) is 18.0 Å². The highest BCUT2D eigenvalue weighted by Crippen LogP contribution is 2.39. The minimum Gasteiger partial charge on any atom is -0.353 e. The van der Waals surface area contributed by atoms with Crippen molar-refractivity contribution >= 4 is 28.9 Å². The molecule has 5 rings (SSSR count). The molecule has 164 valence electrons. The van der Waals surface area contributed by atoms with Gasteiger partial charge in [-0.05, 0) is 55.9 Å². The van der Waals surface area contributed by atoms with E-state index in [1.807, 2.05) is 30.3 Å². The van der Waals surface area contributed by atoms with E-state index in [1.54, 1.807) is 12.4 Å². The fraction of sp³-hybridized carbons (Fsp3) is 0.417. The Hall–Kier alpha value is -3.42. The fourth-order valence-electron chi connectivity index (χ4n) is 5.26. The quantitative estimate of drug-likeness (QED) is 0.780. The molecule has 4 heterocycles. The predicted molar refractivity (Wildman–Crippen MR) is 121 cm³/mol. The third-order valence-electron chi connectivity index (χ3n) is 6.73. The molecule has 8 nitrogen and oxygen atoms in total. The molecule has 2 aliphatic heterocycles. The van der Waals surface area contributed by atoms with E-state index in [9.17, 15) is 9.59 Å². The first-order valence-electron chi connectivity index (χ1n) is 11.2. The second-order valence-electron chi connectivity index (χ2n) is 8.80. The number of aromatic nitrogens is 2. The molecule has 2 aromatic rings. The summed E-state index contributed by atoms with van der Waals surface area (Å²) in [6, 6.07) is 9.83. The lowest BCUT2D eigenvalue weighted by atomic mass is 9.71. The normalized spacial score (nSPS) is 27.1. The van der Waals surface area contributed by atoms with E-state index in [4.69, 9.17) is 0 Å². The summed E-state index contributed by atoms with van der Waals surface area (Å²) >= 11 is 0. The van der Waals surface area contributed by atoms with Crippen molar-refractivity contribution in [3.63, 3.8) is 0 Å². The van der Waals surface area contributed by atoms with Gasteiger partial charge in [-0.2, -0.15) is 10.2 Å². The molecule has 2 aromatic heterocycles. The highest BCUT2D eigenvalue weighted by atomic mass is 16.2. The van der Waals surface area contributed by atoms with Crippen molar-refractivity contribution < 1.29 is 9.59 Å². The number of nitrogens with one attached hydrogen (secondary N) is 2. The molecule has 0 aromatic carbocycles. The standard InChI is InChI=1S/C24H26N6O2/c1-14(31)27-16-6-9-21(26-13-16)24-17-7-5-15-12-22(32)28-19(15)10-8-18(17)23(29-30-24)20-4-2-3-11-25-20/h2-4,6,9,11,13,15,17-19H,5,7-8,10,12H2,1H3,(H,27,31)(H,28,32). The Morgan fingerprint density at radius 1 is 0.969 bits per heavy atom. The van der Waals surface area contributed by atoms with E-state index in [2.05, 4.69) is 30.8 Å². The van der Waals surface area contributed by atoms with E-state index < -0.39 is 0 Å². The lowest BCUT2D eigenvalue weighted by Crippen LogP contribution is -2.39. The molecule has 1 saturated carbocycles. The monoisotopic (exact) mass is 430 g/mol. The van der Waals surface area contributed by atoms with Crippen LogP contribution in [0.4, 0.5) is 5.69 Å². The van der Waals surface area contributed by atoms with Gasteiger partial charge in [-0.1, -0.05) is 6.07 Å². The molecule has 4 unspecified atom stereocenters. The van der Waals surface area contributed by atoms with Crippen LogP contribution in [0.5, 0.6) is 0 Å². The van der Waals surface area contributed by atoms with Crippen molar-refractivity contribution in [2.75, 3.05) is 5.32 Å². The molecule has 2 fully saturated rings. The number of pyridine rings is 2. The van der Waals surface area contributed by atoms with Crippen LogP contribution in [0.1, 0.15) is 50.4 Å². The molecule has 2 amide bonds. The number of carbonyl (C=O) groups is 2. The number of carbonyl (C=O) groups excluding carboxylic acids is 2. The lowest BCUT2D eigenvalue weighted by Gasteiger charge is -2.35. The van der Waals surface area contributed by atoms with Crippen molar-refractivity contribution in [1.29, 1.82) is 0 Å². The Kier molecular flexibility index (Phi) is 5.51. The zero-order valence-corrected chi connectivity index (χ0v) is 18.0. The van der Waals surface area contributed by atoms with Crippen LogP contribution < -0.4 is 10.6 Å². The third kappa shape index (κ3) is 4.04. The van der Waals surface area contributed by atoms with E-state index in [1.165, 1.54) is 6.92 Å². The minimum atomic E-state index is -0.131. The van der Waals surface area contributed by atoms with Crippen LogP contribution in [0, 0.1) is 17.8 Å². The maximum absolute atomic E-state index is 12.0. The average molecular weight is 431 g/mol. The Morgan fingerprint density at radius 2 is 1.72 bits per heavy atom. The average Bonchev–Trinajstić information content (AvgIpc) is 3.14. The SMILES string of the molecule is CC(=O)Nc1ccc(C2=NN=C(c3ccccn3)C3CCC4NC(=O)CC4CCC23)nc1. The maximum atomic E-state index is 12.0. The van der Waals surface area contributed by atoms with Gasteiger partial charge in [-0.15, -0.1) is 0 Å². The number of hydrogen-bond acceptors (Lipinski definition) is 6. The topological polar surface area (TPSA) is 109 Å². The van der Waals surface area contributed by atoms with Crippen molar-refractivity contribution in [2.45, 2.75) is 45.1 Å². The largest absolute Gasteiger partial charge is 0.353 e. The van der Waals surface area contributed by atoms with Crippen LogP contribution in [0.25, 0.3) is 0 Å². The number of rotatable bonds is 3. The number of amides is 2. The molecule has 4 atom stereocenters. The first-order valence-corrected chi connectivity index (χ1v) is 11.2. The molecule has 1 aliphatic carbocycles. The summed E-state index contributed by atoms with van der Waals surface area (Å²) in [5.41, 5.74) is 4.07. The summed E-state index contributed by atoms with van der Waals surface area (Å²) in [6.45, 7) is 1.47. The maximum Gasteiger partial charge on any atom is 0.221 e. The van der Waals surface area contributed by atoms with Gasteiger partial charge in [0.2, 0.25) is 11.8 Å². The summed E-state index contributed by atoms with van der Waals surface area (Å²) < 4.78 is 0. The number of hydrogen-bond donors (Lipinski definition) is 2. The molecule has 2 N–H and O–H groups in total. The van der Waals surface area contributed by atoms with Crippen molar-refractivity contribution in [1.82, 2.24) is 15.3 Å². The molecule has 0 spiro atoms. The Labute approximate surface area is 186 Å². The Bertz CT molecular complexity index is 1080. The van der Waals surface area contributed by atoms with Gasteiger partial charge in [0, 0.05) is 37.4 Å². The molecule has 1 saturated heterocycles. The van der Waals surface area contributed by atoms with Gasteiger partial charge in [0.25, 0.3) is 0 Å².